The Morgan fingerprint density at radius 1 is 1.07 bits per heavy atom. The molecule has 0 radical (unpaired) electrons. The number of carbonyl (C=O) groups is 4. The summed E-state index contributed by atoms with van der Waals surface area (Å²) < 4.78 is 73.5. The number of aliphatic hydroxyl groups excluding tert-OH is 1. The molecule has 14 atom stereocenters. The molecule has 0 aliphatic carbocycles. The minimum absolute atomic E-state index is 0.00101. The Morgan fingerprint density at radius 3 is 2.47 bits per heavy atom. The lowest BCUT2D eigenvalue weighted by Gasteiger charge is -2.54. The molecular weight excluding hydrogens is 1100 g/mol. The van der Waals surface area contributed by atoms with E-state index in [9.17, 15) is 27.9 Å². The lowest BCUT2D eigenvalue weighted by molar-refractivity contribution is -0.296. The number of imidazole rings is 1. The van der Waals surface area contributed by atoms with E-state index in [0.29, 0.717) is 51.0 Å². The van der Waals surface area contributed by atoms with E-state index in [0.717, 1.165) is 23.7 Å². The Kier molecular flexibility index (Phi) is 16.2. The molecule has 4 fully saturated rings. The number of aryl methyl sites for hydroxylation is 1. The van der Waals surface area contributed by atoms with Gasteiger partial charge in [0.15, 0.2) is 21.8 Å². The number of esters is 1. The molecule has 7 heterocycles. The number of amides is 1. The van der Waals surface area contributed by atoms with Crippen LogP contribution in [0.2, 0.25) is 0 Å². The van der Waals surface area contributed by atoms with Crippen LogP contribution in [0, 0.1) is 17.8 Å². The highest BCUT2D eigenvalue weighted by Crippen LogP contribution is 2.53. The summed E-state index contributed by atoms with van der Waals surface area (Å²) in [4.78, 5) is 69.4. The van der Waals surface area contributed by atoms with Gasteiger partial charge in [0.25, 0.3) is 5.67 Å². The summed E-state index contributed by atoms with van der Waals surface area (Å²) in [5.41, 5.74) is -3.32. The van der Waals surface area contributed by atoms with Crippen molar-refractivity contribution in [1.82, 2.24) is 39.3 Å². The molecule has 21 nitrogen and oxygen atoms in total. The predicted molar refractivity (Wildman–Crippen MR) is 271 cm³/mol. The monoisotopic (exact) mass is 1160 g/mol. The van der Waals surface area contributed by atoms with Crippen molar-refractivity contribution in [2.45, 2.75) is 155 Å². The number of hydrogen-bond donors (Lipinski definition) is 2. The molecule has 3 N–H and O–H groups in total. The minimum Gasteiger partial charge on any atom is -0.445 e. The van der Waals surface area contributed by atoms with Gasteiger partial charge in [0.05, 0.1) is 58.9 Å². The summed E-state index contributed by atoms with van der Waals surface area (Å²) in [7, 11) is -0.609. The summed E-state index contributed by atoms with van der Waals surface area (Å²) in [5, 5.41) is 25.8. The number of nitrogens with zero attached hydrogens (tertiary/aromatic N) is 8. The molecule has 0 spiro atoms. The van der Waals surface area contributed by atoms with Gasteiger partial charge in [-0.3, -0.25) is 19.5 Å². The standard InChI is InChI=1S/C50H65FIN9O12S/c1-28-22-48(4,69-8)43(71-44-40(63)37(21-29(2)70-44)58(7)20-17-33-25-60(57-56-33)24-31-13-15-34(16-14-31)74(53,67)68)30(3)42(64)49(5,51)46(65)72-45(52)50(6)41-38(39(28)62)36(61(41)47(66)73-50)12-10-19-59-26-35(55-27-59)32-11-9-18-54-23-32/h9,11,13-16,18,23,25-30,36-38,40-41,43-45,63H,10,12,17,19-22,24H2,1-8H3,(H2,53,67,68)/t28-,29-,30+,36?,37+,38+,40-,41-,43-,44+,45+,48-,49+,50+/m1/s1. The van der Waals surface area contributed by atoms with E-state index in [1.54, 1.807) is 85.1 Å². The van der Waals surface area contributed by atoms with Crippen LogP contribution in [0.25, 0.3) is 11.3 Å². The third kappa shape index (κ3) is 11.0. The van der Waals surface area contributed by atoms with Crippen molar-refractivity contribution in [2.24, 2.45) is 22.9 Å². The summed E-state index contributed by atoms with van der Waals surface area (Å²) in [5.74, 6) is -5.96. The molecule has 4 saturated heterocycles. The highest BCUT2D eigenvalue weighted by Gasteiger charge is 2.71. The van der Waals surface area contributed by atoms with Crippen LogP contribution in [0.4, 0.5) is 9.18 Å². The van der Waals surface area contributed by atoms with E-state index in [1.807, 2.05) is 41.8 Å². The topological polar surface area (TPSA) is 263 Å². The molecule has 1 aromatic carbocycles. The second-order valence-electron chi connectivity index (χ2n) is 20.8. The number of aliphatic hydroxyl groups is 1. The Bertz CT molecular complexity index is 2810. The summed E-state index contributed by atoms with van der Waals surface area (Å²) >= 11 is 1.76. The number of aromatic nitrogens is 6. The first-order chi connectivity index (χ1) is 34.9. The second kappa shape index (κ2) is 21.7. The van der Waals surface area contributed by atoms with E-state index in [2.05, 4.69) is 20.3 Å². The number of alkyl halides is 2. The normalized spacial score (nSPS) is 34.0. The molecule has 8 rings (SSSR count). The fourth-order valence-electron chi connectivity index (χ4n) is 11.1. The molecule has 3 aromatic heterocycles. The molecule has 0 saturated carbocycles. The Labute approximate surface area is 443 Å². The van der Waals surface area contributed by atoms with Crippen LogP contribution in [-0.4, -0.2) is 161 Å². The zero-order chi connectivity index (χ0) is 53.7. The van der Waals surface area contributed by atoms with Crippen LogP contribution in [0.3, 0.4) is 0 Å². The van der Waals surface area contributed by atoms with Crippen LogP contribution < -0.4 is 5.14 Å². The number of sulfonamides is 1. The van der Waals surface area contributed by atoms with Crippen LogP contribution in [0.5, 0.6) is 0 Å². The number of methoxy groups -OCH3 is 1. The van der Waals surface area contributed by atoms with Gasteiger partial charge in [0.2, 0.25) is 10.0 Å². The van der Waals surface area contributed by atoms with Crippen molar-refractivity contribution in [3.8, 4) is 11.3 Å². The van der Waals surface area contributed by atoms with Crippen LogP contribution in [0.15, 0.2) is 72.4 Å². The Morgan fingerprint density at radius 2 is 1.80 bits per heavy atom. The largest absolute Gasteiger partial charge is 0.445 e. The zero-order valence-electron chi connectivity index (χ0n) is 42.6. The van der Waals surface area contributed by atoms with Crippen molar-refractivity contribution >= 4 is 56.2 Å². The maximum atomic E-state index is 17.0. The molecule has 24 heteroatoms. The van der Waals surface area contributed by atoms with Crippen molar-refractivity contribution in [3.05, 3.63) is 78.8 Å². The molecule has 402 valence electrons. The smallest absolute Gasteiger partial charge is 0.411 e. The molecule has 4 aromatic rings. The van der Waals surface area contributed by atoms with Gasteiger partial charge in [0, 0.05) is 80.9 Å². The summed E-state index contributed by atoms with van der Waals surface area (Å²) in [6.45, 7) is 10.3. The number of benzene rings is 1. The van der Waals surface area contributed by atoms with Gasteiger partial charge in [-0.05, 0) is 113 Å². The number of Topliss-reactive ketones (excluding diaryl/α,β-unsaturated/α-hetero) is 2. The number of rotatable bonds is 15. The van der Waals surface area contributed by atoms with E-state index >= 15 is 9.18 Å². The highest BCUT2D eigenvalue weighted by molar-refractivity contribution is 14.1. The summed E-state index contributed by atoms with van der Waals surface area (Å²) in [6.07, 6.45) is 5.26. The minimum atomic E-state index is -3.83. The summed E-state index contributed by atoms with van der Waals surface area (Å²) in [6, 6.07) is 7.86. The molecule has 74 heavy (non-hydrogen) atoms. The van der Waals surface area contributed by atoms with Gasteiger partial charge in [-0.1, -0.05) is 31.2 Å². The van der Waals surface area contributed by atoms with Gasteiger partial charge >= 0.3 is 12.1 Å². The first-order valence-corrected chi connectivity index (χ1v) is 27.5. The van der Waals surface area contributed by atoms with Gasteiger partial charge < -0.3 is 38.3 Å². The van der Waals surface area contributed by atoms with E-state index < -0.39 is 109 Å². The highest BCUT2D eigenvalue weighted by atomic mass is 127. The number of ketones is 2. The molecular formula is C50H65FIN9O12S. The number of nitrogens with two attached hydrogens (primary N) is 1. The van der Waals surface area contributed by atoms with E-state index in [4.69, 9.17) is 28.8 Å². The SMILES string of the molecule is CO[C@]1(C)C[C@@H](C)C(=O)[C@@H]2C(CCCn3cnc(-c4cccnc4)c3)N3C(=O)O[C@](C)([C@@H](I)OC(=O)[C@@](C)(F)C(=O)[C@H](C)[C@H]1O[C@@H]1O[C@H](C)C[C@H](N(C)CCc4cn(Cc5ccc(S(N)(=O)=O)cc5)nn4)[C@H]1O)[C@@H]23. The number of ether oxygens (including phenoxy) is 5. The van der Waals surface area contributed by atoms with Gasteiger partial charge in [-0.2, -0.15) is 0 Å². The third-order valence-corrected chi connectivity index (χ3v) is 17.8. The third-order valence-electron chi connectivity index (χ3n) is 15.4. The molecule has 4 aliphatic rings. The van der Waals surface area contributed by atoms with Gasteiger partial charge in [-0.15, -0.1) is 5.10 Å². The van der Waals surface area contributed by atoms with Gasteiger partial charge in [-0.25, -0.2) is 37.2 Å². The number of likely N-dealkylation sites (N-methyl/N-ethyl adjacent to an activating group) is 1. The van der Waals surface area contributed by atoms with Crippen molar-refractivity contribution in [2.75, 3.05) is 20.7 Å². The maximum absolute atomic E-state index is 17.0. The number of cyclic esters (lactones) is 1. The second-order valence-corrected chi connectivity index (χ2v) is 23.5. The van der Waals surface area contributed by atoms with Crippen molar-refractivity contribution in [3.63, 3.8) is 0 Å². The van der Waals surface area contributed by atoms with Gasteiger partial charge in [0.1, 0.15) is 11.9 Å². The first-order valence-electron chi connectivity index (χ1n) is 24.7. The quantitative estimate of drug-likeness (QED) is 0.0729. The van der Waals surface area contributed by atoms with Crippen molar-refractivity contribution in [1.29, 1.82) is 0 Å². The average Bonchev–Trinajstić information content (AvgIpc) is 4.08. The van der Waals surface area contributed by atoms with Crippen LogP contribution in [0.1, 0.15) is 78.5 Å². The number of pyridine rings is 1. The number of carbonyl (C=O) groups excluding carboxylic acids is 4. The lowest BCUT2D eigenvalue weighted by Crippen LogP contribution is -2.71. The molecule has 4 aliphatic heterocycles. The average molecular weight is 1160 g/mol. The molecule has 0 bridgehead atoms. The first kappa shape index (κ1) is 55.4. The number of halogens is 2. The maximum Gasteiger partial charge on any atom is 0.411 e. The fourth-order valence-corrected chi connectivity index (χ4v) is 12.4. The number of primary sulfonamides is 1. The van der Waals surface area contributed by atoms with Crippen LogP contribution >= 0.6 is 22.6 Å². The van der Waals surface area contributed by atoms with Crippen molar-refractivity contribution < 1.29 is 60.8 Å². The Balaban J connectivity index is 1.00. The molecule has 1 amide bonds. The Hall–Kier alpha value is -4.83. The fraction of sp³-hybridized carbons (Fsp3) is 0.600. The zero-order valence-corrected chi connectivity index (χ0v) is 45.6. The lowest BCUT2D eigenvalue weighted by atomic mass is 9.66. The molecule has 1 unspecified atom stereocenters. The van der Waals surface area contributed by atoms with E-state index in [-0.39, 0.29) is 17.1 Å². The van der Waals surface area contributed by atoms with Crippen LogP contribution in [-0.2, 0) is 67.6 Å². The van der Waals surface area contributed by atoms with E-state index in [1.165, 1.54) is 31.1 Å². The number of hydrogen-bond acceptors (Lipinski definition) is 17. The predicted octanol–water partition coefficient (Wildman–Crippen LogP) is 4.27.